The number of hydrogen-bond acceptors (Lipinski definition) is 3. The molecular formula is C18H15N3. The summed E-state index contributed by atoms with van der Waals surface area (Å²) in [6, 6.07) is 18.0. The van der Waals surface area contributed by atoms with Gasteiger partial charge in [-0.2, -0.15) is 0 Å². The molecule has 0 aromatic heterocycles. The molecule has 2 aromatic rings. The van der Waals surface area contributed by atoms with Gasteiger partial charge in [-0.15, -0.1) is 0 Å². The molecule has 21 heavy (non-hydrogen) atoms. The molecule has 1 aliphatic rings. The Morgan fingerprint density at radius 1 is 0.714 bits per heavy atom. The second-order valence-corrected chi connectivity index (χ2v) is 4.70. The molecule has 0 atom stereocenters. The van der Waals surface area contributed by atoms with E-state index in [0.717, 1.165) is 22.8 Å². The first-order valence-electron chi connectivity index (χ1n) is 6.75. The molecule has 2 N–H and O–H groups in total. The molecule has 2 aromatic carbocycles. The first-order chi connectivity index (χ1) is 10.3. The molecule has 0 radical (unpaired) electrons. The fourth-order valence-corrected chi connectivity index (χ4v) is 1.99. The van der Waals surface area contributed by atoms with Crippen LogP contribution in [0.4, 0.5) is 17.1 Å². The summed E-state index contributed by atoms with van der Waals surface area (Å²) in [5.41, 5.74) is 4.34. The average Bonchev–Trinajstić information content (AvgIpc) is 2.53. The van der Waals surface area contributed by atoms with E-state index in [-0.39, 0.29) is 0 Å². The number of hydrogen-bond donors (Lipinski definition) is 2. The number of allylic oxidation sites excluding steroid dienone is 4. The summed E-state index contributed by atoms with van der Waals surface area (Å²) in [4.78, 5) is 4.52. The molecule has 3 nitrogen and oxygen atoms in total. The maximum atomic E-state index is 7.46. The summed E-state index contributed by atoms with van der Waals surface area (Å²) < 4.78 is 0. The monoisotopic (exact) mass is 273 g/mol. The average molecular weight is 273 g/mol. The number of anilines is 2. The number of nitrogens with one attached hydrogen (secondary N) is 2. The third-order valence-electron chi connectivity index (χ3n) is 3.06. The van der Waals surface area contributed by atoms with Crippen LogP contribution in [0.5, 0.6) is 0 Å². The number of aliphatic imine (C=N–C) groups is 1. The van der Waals surface area contributed by atoms with Crippen LogP contribution in [0.3, 0.4) is 0 Å². The summed E-state index contributed by atoms with van der Waals surface area (Å²) in [6.07, 6.45) is 7.17. The van der Waals surface area contributed by atoms with E-state index >= 15 is 0 Å². The maximum Gasteiger partial charge on any atom is 0.0638 e. The van der Waals surface area contributed by atoms with Crippen molar-refractivity contribution >= 4 is 28.5 Å². The third-order valence-corrected chi connectivity index (χ3v) is 3.06. The molecule has 3 rings (SSSR count). The van der Waals surface area contributed by atoms with Gasteiger partial charge in [-0.05, 0) is 60.7 Å². The van der Waals surface area contributed by atoms with E-state index in [1.54, 1.807) is 12.2 Å². The van der Waals surface area contributed by atoms with Crippen LogP contribution in [-0.4, -0.2) is 11.4 Å². The van der Waals surface area contributed by atoms with Crippen LogP contribution in [0.25, 0.3) is 0 Å². The summed E-state index contributed by atoms with van der Waals surface area (Å²) in [6.45, 7) is 0. The first-order valence-corrected chi connectivity index (χ1v) is 6.75. The van der Waals surface area contributed by atoms with Crippen LogP contribution in [0, 0.1) is 5.41 Å². The quantitative estimate of drug-likeness (QED) is 0.786. The fraction of sp³-hybridized carbons (Fsp3) is 0. The van der Waals surface area contributed by atoms with Gasteiger partial charge in [-0.1, -0.05) is 18.2 Å². The highest BCUT2D eigenvalue weighted by atomic mass is 14.9. The normalized spacial score (nSPS) is 13.3. The Bertz CT molecular complexity index is 705. The molecule has 0 unspecified atom stereocenters. The zero-order valence-electron chi connectivity index (χ0n) is 11.5. The second-order valence-electron chi connectivity index (χ2n) is 4.70. The molecule has 102 valence electrons. The van der Waals surface area contributed by atoms with E-state index in [2.05, 4.69) is 10.3 Å². The van der Waals surface area contributed by atoms with E-state index in [1.165, 1.54) is 0 Å². The molecule has 3 heteroatoms. The Balaban J connectivity index is 1.73. The smallest absolute Gasteiger partial charge is 0.0638 e. The number of rotatable bonds is 3. The van der Waals surface area contributed by atoms with E-state index < -0.39 is 0 Å². The SMILES string of the molecule is N=C1C=CC(=Nc2ccc(Nc3ccccc3)cc2)C=C1. The lowest BCUT2D eigenvalue weighted by atomic mass is 10.1. The van der Waals surface area contributed by atoms with Crippen molar-refractivity contribution < 1.29 is 0 Å². The molecule has 0 bridgehead atoms. The van der Waals surface area contributed by atoms with Crippen LogP contribution >= 0.6 is 0 Å². The Kier molecular flexibility index (Phi) is 3.74. The highest BCUT2D eigenvalue weighted by Gasteiger charge is 1.98. The predicted octanol–water partition coefficient (Wildman–Crippen LogP) is 4.65. The van der Waals surface area contributed by atoms with Crippen molar-refractivity contribution in [3.05, 3.63) is 78.9 Å². The van der Waals surface area contributed by atoms with Gasteiger partial charge in [-0.25, -0.2) is 4.99 Å². The fourth-order valence-electron chi connectivity index (χ4n) is 1.99. The zero-order chi connectivity index (χ0) is 14.5. The lowest BCUT2D eigenvalue weighted by Crippen LogP contribution is -1.97. The second kappa shape index (κ2) is 6.01. The van der Waals surface area contributed by atoms with Crippen molar-refractivity contribution in [2.75, 3.05) is 5.32 Å². The number of benzene rings is 2. The van der Waals surface area contributed by atoms with Crippen LogP contribution in [-0.2, 0) is 0 Å². The van der Waals surface area contributed by atoms with Gasteiger partial charge in [0, 0.05) is 11.4 Å². The minimum atomic E-state index is 0.497. The van der Waals surface area contributed by atoms with Gasteiger partial charge in [-0.3, -0.25) is 0 Å². The van der Waals surface area contributed by atoms with Gasteiger partial charge in [0.05, 0.1) is 17.1 Å². The lowest BCUT2D eigenvalue weighted by molar-refractivity contribution is 1.49. The summed E-state index contributed by atoms with van der Waals surface area (Å²) >= 11 is 0. The minimum Gasteiger partial charge on any atom is -0.356 e. The standard InChI is InChI=1S/C18H15N3/c19-14-6-8-16(9-7-14)21-18-12-10-17(11-13-18)20-15-4-2-1-3-5-15/h1-13,19-20H. The first kappa shape index (κ1) is 13.1. The maximum absolute atomic E-state index is 7.46. The van der Waals surface area contributed by atoms with E-state index in [0.29, 0.717) is 5.71 Å². The van der Waals surface area contributed by atoms with Gasteiger partial charge in [0.15, 0.2) is 0 Å². The van der Waals surface area contributed by atoms with Gasteiger partial charge < -0.3 is 10.7 Å². The van der Waals surface area contributed by atoms with Crippen molar-refractivity contribution in [1.82, 2.24) is 0 Å². The Labute approximate surface area is 123 Å². The molecule has 0 heterocycles. The summed E-state index contributed by atoms with van der Waals surface area (Å²) in [5, 5.41) is 10.8. The van der Waals surface area contributed by atoms with Gasteiger partial charge in [0.2, 0.25) is 0 Å². The van der Waals surface area contributed by atoms with E-state index in [9.17, 15) is 0 Å². The largest absolute Gasteiger partial charge is 0.356 e. The van der Waals surface area contributed by atoms with Crippen molar-refractivity contribution in [2.24, 2.45) is 4.99 Å². The third kappa shape index (κ3) is 3.54. The van der Waals surface area contributed by atoms with Crippen molar-refractivity contribution in [1.29, 1.82) is 5.41 Å². The van der Waals surface area contributed by atoms with Gasteiger partial charge >= 0.3 is 0 Å². The molecule has 0 amide bonds. The Morgan fingerprint density at radius 2 is 1.33 bits per heavy atom. The number of para-hydroxylation sites is 1. The van der Waals surface area contributed by atoms with Crippen LogP contribution < -0.4 is 5.32 Å². The van der Waals surface area contributed by atoms with Gasteiger partial charge in [0.1, 0.15) is 0 Å². The molecule has 0 saturated heterocycles. The Morgan fingerprint density at radius 3 is 2.00 bits per heavy atom. The van der Waals surface area contributed by atoms with Crippen molar-refractivity contribution in [2.45, 2.75) is 0 Å². The van der Waals surface area contributed by atoms with Gasteiger partial charge in [0.25, 0.3) is 0 Å². The van der Waals surface area contributed by atoms with Crippen LogP contribution in [0.2, 0.25) is 0 Å². The van der Waals surface area contributed by atoms with Crippen molar-refractivity contribution in [3.63, 3.8) is 0 Å². The lowest BCUT2D eigenvalue weighted by Gasteiger charge is -2.06. The van der Waals surface area contributed by atoms with Crippen LogP contribution in [0.15, 0.2) is 83.9 Å². The molecule has 0 spiro atoms. The topological polar surface area (TPSA) is 48.2 Å². The minimum absolute atomic E-state index is 0.497. The summed E-state index contributed by atoms with van der Waals surface area (Å²) in [5.74, 6) is 0. The number of nitrogens with zero attached hydrogens (tertiary/aromatic N) is 1. The molecule has 0 saturated carbocycles. The van der Waals surface area contributed by atoms with E-state index in [4.69, 9.17) is 5.41 Å². The summed E-state index contributed by atoms with van der Waals surface area (Å²) in [7, 11) is 0. The Hall–Kier alpha value is -2.94. The van der Waals surface area contributed by atoms with E-state index in [1.807, 2.05) is 66.7 Å². The molecule has 0 aliphatic heterocycles. The zero-order valence-corrected chi connectivity index (χ0v) is 11.5. The molecule has 0 fully saturated rings. The van der Waals surface area contributed by atoms with Crippen molar-refractivity contribution in [3.8, 4) is 0 Å². The molecular weight excluding hydrogens is 258 g/mol. The highest BCUT2D eigenvalue weighted by molar-refractivity contribution is 6.18. The molecule has 1 aliphatic carbocycles. The highest BCUT2D eigenvalue weighted by Crippen LogP contribution is 2.20. The predicted molar refractivity (Wildman–Crippen MR) is 89.3 cm³/mol. The van der Waals surface area contributed by atoms with Crippen LogP contribution in [0.1, 0.15) is 0 Å².